The lowest BCUT2D eigenvalue weighted by Gasteiger charge is -2.29. The molecule has 1 aromatic carbocycles. The molecule has 4 nitrogen and oxygen atoms in total. The van der Waals surface area contributed by atoms with Crippen molar-refractivity contribution >= 4 is 0 Å². The van der Waals surface area contributed by atoms with E-state index in [9.17, 15) is 5.11 Å². The summed E-state index contributed by atoms with van der Waals surface area (Å²) in [5.74, 6) is 1.70. The molecule has 1 aromatic rings. The summed E-state index contributed by atoms with van der Waals surface area (Å²) in [4.78, 5) is 0. The monoisotopic (exact) mass is 291 g/mol. The molecule has 0 spiro atoms. The van der Waals surface area contributed by atoms with Crippen molar-refractivity contribution < 1.29 is 14.6 Å². The van der Waals surface area contributed by atoms with E-state index in [0.29, 0.717) is 6.61 Å². The maximum atomic E-state index is 10.8. The molecule has 4 heteroatoms. The molecule has 1 fully saturated rings. The van der Waals surface area contributed by atoms with E-state index in [1.165, 1.54) is 12.0 Å². The average molecular weight is 291 g/mol. The zero-order chi connectivity index (χ0) is 14.8. The van der Waals surface area contributed by atoms with Crippen molar-refractivity contribution in [2.24, 2.45) is 0 Å². The molecule has 116 valence electrons. The summed E-state index contributed by atoms with van der Waals surface area (Å²) < 4.78 is 11.6. The number of nitrogens with one attached hydrogen (secondary N) is 1. The smallest absolute Gasteiger partial charge is 0.125 e. The Labute approximate surface area is 126 Å². The molecule has 2 heterocycles. The lowest BCUT2D eigenvalue weighted by molar-refractivity contribution is 0.110. The highest BCUT2D eigenvalue weighted by Gasteiger charge is 2.29. The maximum absolute atomic E-state index is 10.8. The molecule has 2 N–H and O–H groups in total. The van der Waals surface area contributed by atoms with Gasteiger partial charge in [0.05, 0.1) is 12.7 Å². The van der Waals surface area contributed by atoms with E-state index in [2.05, 4.69) is 12.2 Å². The molecule has 0 aliphatic carbocycles. The van der Waals surface area contributed by atoms with Gasteiger partial charge >= 0.3 is 0 Å². The molecular formula is C17H25NO3. The summed E-state index contributed by atoms with van der Waals surface area (Å²) >= 11 is 0. The van der Waals surface area contributed by atoms with Gasteiger partial charge in [0.1, 0.15) is 17.6 Å². The van der Waals surface area contributed by atoms with Crippen LogP contribution in [-0.4, -0.2) is 30.4 Å². The zero-order valence-electron chi connectivity index (χ0n) is 12.9. The van der Waals surface area contributed by atoms with Crippen LogP contribution in [0.15, 0.2) is 12.1 Å². The molecule has 0 bridgehead atoms. The molecule has 0 amide bonds. The van der Waals surface area contributed by atoms with Crippen molar-refractivity contribution in [2.45, 2.75) is 57.8 Å². The van der Waals surface area contributed by atoms with Gasteiger partial charge in [-0.2, -0.15) is 0 Å². The summed E-state index contributed by atoms with van der Waals surface area (Å²) in [5, 5.41) is 14.2. The number of benzene rings is 1. The zero-order valence-corrected chi connectivity index (χ0v) is 12.9. The van der Waals surface area contributed by atoms with Crippen molar-refractivity contribution in [3.63, 3.8) is 0 Å². The number of piperidine rings is 1. The third-order valence-corrected chi connectivity index (χ3v) is 4.38. The normalized spacial score (nSPS) is 26.0. The number of rotatable bonds is 4. The fraction of sp³-hybridized carbons (Fsp3) is 0.647. The maximum Gasteiger partial charge on any atom is 0.125 e. The highest BCUT2D eigenvalue weighted by molar-refractivity contribution is 5.50. The molecule has 3 rings (SSSR count). The SMILES string of the molecule is CCOc1cc2c(cc1C(O)C1CCCCN1)OC(C)C2. The van der Waals surface area contributed by atoms with E-state index in [1.54, 1.807) is 0 Å². The van der Waals surface area contributed by atoms with Crippen LogP contribution in [0, 0.1) is 0 Å². The number of aliphatic hydroxyl groups excluding tert-OH is 1. The second kappa shape index (κ2) is 6.24. The van der Waals surface area contributed by atoms with Gasteiger partial charge < -0.3 is 19.9 Å². The largest absolute Gasteiger partial charge is 0.493 e. The van der Waals surface area contributed by atoms with Crippen LogP contribution in [-0.2, 0) is 6.42 Å². The predicted molar refractivity (Wildman–Crippen MR) is 82.0 cm³/mol. The van der Waals surface area contributed by atoms with E-state index >= 15 is 0 Å². The Morgan fingerprint density at radius 1 is 1.43 bits per heavy atom. The van der Waals surface area contributed by atoms with Crippen LogP contribution < -0.4 is 14.8 Å². The number of aliphatic hydroxyl groups is 1. The summed E-state index contributed by atoms with van der Waals surface area (Å²) in [7, 11) is 0. The van der Waals surface area contributed by atoms with Gasteiger partial charge in [-0.1, -0.05) is 6.42 Å². The van der Waals surface area contributed by atoms with Gasteiger partial charge in [-0.05, 0) is 45.4 Å². The Hall–Kier alpha value is -1.26. The topological polar surface area (TPSA) is 50.7 Å². The minimum Gasteiger partial charge on any atom is -0.493 e. The van der Waals surface area contributed by atoms with Crippen LogP contribution >= 0.6 is 0 Å². The van der Waals surface area contributed by atoms with Crippen LogP contribution in [0.3, 0.4) is 0 Å². The highest BCUT2D eigenvalue weighted by Crippen LogP contribution is 2.39. The van der Waals surface area contributed by atoms with Gasteiger partial charge in [-0.25, -0.2) is 0 Å². The molecule has 0 aromatic heterocycles. The second-order valence-electron chi connectivity index (χ2n) is 6.06. The van der Waals surface area contributed by atoms with Crippen molar-refractivity contribution in [3.05, 3.63) is 23.3 Å². The Kier molecular flexibility index (Phi) is 4.36. The first kappa shape index (κ1) is 14.7. The average Bonchev–Trinajstić information content (AvgIpc) is 2.86. The van der Waals surface area contributed by atoms with Gasteiger partial charge in [0, 0.05) is 23.6 Å². The van der Waals surface area contributed by atoms with Gasteiger partial charge in [0.15, 0.2) is 0 Å². The second-order valence-corrected chi connectivity index (χ2v) is 6.06. The first-order valence-electron chi connectivity index (χ1n) is 8.06. The third kappa shape index (κ3) is 3.01. The molecule has 0 saturated carbocycles. The van der Waals surface area contributed by atoms with Crippen molar-refractivity contribution in [1.29, 1.82) is 0 Å². The standard InChI is InChI=1S/C17H25NO3/c1-3-20-16-9-12-8-11(2)21-15(12)10-13(16)17(19)14-6-4-5-7-18-14/h9-11,14,17-19H,3-8H2,1-2H3. The Balaban J connectivity index is 1.90. The number of ether oxygens (including phenoxy) is 2. The molecule has 21 heavy (non-hydrogen) atoms. The first-order chi connectivity index (χ1) is 10.2. The minimum absolute atomic E-state index is 0.106. The van der Waals surface area contributed by atoms with E-state index < -0.39 is 6.10 Å². The molecule has 3 atom stereocenters. The lowest BCUT2D eigenvalue weighted by Crippen LogP contribution is -2.38. The van der Waals surface area contributed by atoms with Crippen LogP contribution in [0.25, 0.3) is 0 Å². The van der Waals surface area contributed by atoms with Gasteiger partial charge in [-0.15, -0.1) is 0 Å². The molecule has 1 saturated heterocycles. The molecular weight excluding hydrogens is 266 g/mol. The Morgan fingerprint density at radius 3 is 3.00 bits per heavy atom. The number of hydrogen-bond donors (Lipinski definition) is 2. The molecule has 3 unspecified atom stereocenters. The fourth-order valence-corrected chi connectivity index (χ4v) is 3.33. The molecule has 2 aliphatic heterocycles. The molecule has 0 radical (unpaired) electrons. The Morgan fingerprint density at radius 2 is 2.29 bits per heavy atom. The Bertz CT molecular complexity index is 497. The fourth-order valence-electron chi connectivity index (χ4n) is 3.33. The van der Waals surface area contributed by atoms with Crippen molar-refractivity contribution in [3.8, 4) is 11.5 Å². The van der Waals surface area contributed by atoms with E-state index in [-0.39, 0.29) is 12.1 Å². The quantitative estimate of drug-likeness (QED) is 0.895. The van der Waals surface area contributed by atoms with Gasteiger partial charge in [0.2, 0.25) is 0 Å². The summed E-state index contributed by atoms with van der Waals surface area (Å²) in [6, 6.07) is 4.13. The van der Waals surface area contributed by atoms with Crippen molar-refractivity contribution in [2.75, 3.05) is 13.2 Å². The first-order valence-corrected chi connectivity index (χ1v) is 8.06. The molecule has 2 aliphatic rings. The van der Waals surface area contributed by atoms with E-state index in [4.69, 9.17) is 9.47 Å². The van der Waals surface area contributed by atoms with Crippen LogP contribution in [0.2, 0.25) is 0 Å². The predicted octanol–water partition coefficient (Wildman–Crippen LogP) is 2.58. The van der Waals surface area contributed by atoms with E-state index in [0.717, 1.165) is 42.9 Å². The lowest BCUT2D eigenvalue weighted by atomic mass is 9.93. The third-order valence-electron chi connectivity index (χ3n) is 4.38. The number of hydrogen-bond acceptors (Lipinski definition) is 4. The minimum atomic E-state index is -0.545. The summed E-state index contributed by atoms with van der Waals surface area (Å²) in [5.41, 5.74) is 2.03. The van der Waals surface area contributed by atoms with Crippen LogP contribution in [0.4, 0.5) is 0 Å². The highest BCUT2D eigenvalue weighted by atomic mass is 16.5. The van der Waals surface area contributed by atoms with Crippen LogP contribution in [0.5, 0.6) is 11.5 Å². The van der Waals surface area contributed by atoms with Gasteiger partial charge in [0.25, 0.3) is 0 Å². The van der Waals surface area contributed by atoms with Crippen molar-refractivity contribution in [1.82, 2.24) is 5.32 Å². The summed E-state index contributed by atoms with van der Waals surface area (Å²) in [6.45, 7) is 5.62. The van der Waals surface area contributed by atoms with Gasteiger partial charge in [-0.3, -0.25) is 0 Å². The summed E-state index contributed by atoms with van der Waals surface area (Å²) in [6.07, 6.45) is 3.92. The number of fused-ring (bicyclic) bond motifs is 1. The van der Waals surface area contributed by atoms with E-state index in [1.807, 2.05) is 19.1 Å². The van der Waals surface area contributed by atoms with Crippen LogP contribution in [0.1, 0.15) is 50.3 Å².